The van der Waals surface area contributed by atoms with Crippen molar-refractivity contribution in [2.45, 2.75) is 37.1 Å². The van der Waals surface area contributed by atoms with Crippen LogP contribution in [0.4, 0.5) is 4.79 Å². The SMILES string of the molecule is N=NC1C(=O)NC(=O)N2C1OC[C@@H]1C[C@H](O)[C@H]2O1. The van der Waals surface area contributed by atoms with Crippen LogP contribution in [0.5, 0.6) is 0 Å². The van der Waals surface area contributed by atoms with Crippen LogP contribution in [0.1, 0.15) is 6.42 Å². The minimum absolute atomic E-state index is 0.154. The molecule has 0 aromatic carbocycles. The second-order valence-electron chi connectivity index (χ2n) is 4.45. The minimum atomic E-state index is -1.13. The number of ether oxygens (including phenoxy) is 2. The van der Waals surface area contributed by atoms with Crippen molar-refractivity contribution >= 4 is 11.9 Å². The first-order valence-corrected chi connectivity index (χ1v) is 5.56. The predicted octanol–water partition coefficient (Wildman–Crippen LogP) is -1.23. The molecule has 9 heteroatoms. The molecule has 3 aliphatic heterocycles. The van der Waals surface area contributed by atoms with E-state index in [-0.39, 0.29) is 12.7 Å². The molecule has 0 radical (unpaired) electrons. The highest BCUT2D eigenvalue weighted by Gasteiger charge is 2.53. The number of carbonyl (C=O) groups is 2. The fraction of sp³-hybridized carbons (Fsp3) is 0.778. The van der Waals surface area contributed by atoms with Crippen LogP contribution in [0.15, 0.2) is 5.11 Å². The highest BCUT2D eigenvalue weighted by atomic mass is 16.6. The number of imide groups is 1. The predicted molar refractivity (Wildman–Crippen MR) is 53.3 cm³/mol. The van der Waals surface area contributed by atoms with E-state index in [1.165, 1.54) is 0 Å². The van der Waals surface area contributed by atoms with E-state index in [0.717, 1.165) is 4.90 Å². The lowest BCUT2D eigenvalue weighted by molar-refractivity contribution is -0.145. The zero-order valence-corrected chi connectivity index (χ0v) is 9.28. The van der Waals surface area contributed by atoms with E-state index in [0.29, 0.717) is 6.42 Å². The number of rotatable bonds is 1. The molecule has 5 atom stereocenters. The number of carbonyl (C=O) groups excluding carboxylic acids is 2. The third kappa shape index (κ3) is 1.51. The number of hydrogen-bond donors (Lipinski definition) is 3. The van der Waals surface area contributed by atoms with Crippen molar-refractivity contribution < 1.29 is 24.2 Å². The number of urea groups is 1. The molecule has 3 N–H and O–H groups in total. The van der Waals surface area contributed by atoms with Gasteiger partial charge in [-0.3, -0.25) is 15.0 Å². The maximum atomic E-state index is 11.8. The van der Waals surface area contributed by atoms with Gasteiger partial charge in [-0.25, -0.2) is 10.3 Å². The van der Waals surface area contributed by atoms with E-state index in [1.54, 1.807) is 0 Å². The van der Waals surface area contributed by atoms with Gasteiger partial charge in [-0.1, -0.05) is 0 Å². The van der Waals surface area contributed by atoms with Crippen molar-refractivity contribution in [3.8, 4) is 0 Å². The van der Waals surface area contributed by atoms with Crippen molar-refractivity contribution in [1.82, 2.24) is 10.2 Å². The van der Waals surface area contributed by atoms with Gasteiger partial charge in [0.15, 0.2) is 18.5 Å². The lowest BCUT2D eigenvalue weighted by Gasteiger charge is -2.39. The Labute approximate surface area is 102 Å². The van der Waals surface area contributed by atoms with Gasteiger partial charge in [0.05, 0.1) is 12.7 Å². The van der Waals surface area contributed by atoms with Crippen molar-refractivity contribution in [2.24, 2.45) is 5.11 Å². The molecule has 9 nitrogen and oxygen atoms in total. The zero-order valence-electron chi connectivity index (χ0n) is 9.28. The lowest BCUT2D eigenvalue weighted by atomic mass is 10.1. The van der Waals surface area contributed by atoms with Crippen LogP contribution < -0.4 is 5.32 Å². The van der Waals surface area contributed by atoms with Gasteiger partial charge < -0.3 is 14.6 Å². The monoisotopic (exact) mass is 256 g/mol. The molecule has 3 saturated heterocycles. The standard InChI is InChI=1S/C9H12N4O5/c10-12-5-6(15)11-9(16)13-7-4(14)1-3(18-7)2-17-8(5)13/h3-5,7-8,10,14H,1-2H2,(H,11,15,16)/t3-,4-,5?,7+,8?/m0/s1. The number of fused-ring (bicyclic) bond motifs is 4. The summed E-state index contributed by atoms with van der Waals surface area (Å²) in [4.78, 5) is 24.5. The second-order valence-corrected chi connectivity index (χ2v) is 4.45. The molecule has 0 spiro atoms. The van der Waals surface area contributed by atoms with Gasteiger partial charge >= 0.3 is 6.03 Å². The normalized spacial score (nSPS) is 43.2. The van der Waals surface area contributed by atoms with E-state index in [1.807, 2.05) is 0 Å². The zero-order chi connectivity index (χ0) is 12.9. The first-order valence-electron chi connectivity index (χ1n) is 5.56. The molecule has 3 aliphatic rings. The van der Waals surface area contributed by atoms with Crippen molar-refractivity contribution in [3.05, 3.63) is 0 Å². The molecule has 0 saturated carbocycles. The molecule has 3 amide bonds. The molecule has 0 aromatic heterocycles. The molecule has 3 rings (SSSR count). The number of hydrogen-bond acceptors (Lipinski definition) is 7. The average Bonchev–Trinajstić information content (AvgIpc) is 2.56. The third-order valence-electron chi connectivity index (χ3n) is 3.31. The Morgan fingerprint density at radius 3 is 2.94 bits per heavy atom. The van der Waals surface area contributed by atoms with E-state index in [2.05, 4.69) is 10.4 Å². The quantitative estimate of drug-likeness (QED) is 0.507. The van der Waals surface area contributed by atoms with Gasteiger partial charge in [-0.15, -0.1) is 0 Å². The summed E-state index contributed by atoms with van der Waals surface area (Å²) in [6.07, 6.45) is -2.62. The third-order valence-corrected chi connectivity index (χ3v) is 3.31. The molecule has 3 fully saturated rings. The number of aliphatic hydroxyl groups is 1. The maximum absolute atomic E-state index is 11.8. The van der Waals surface area contributed by atoms with E-state index < -0.39 is 36.5 Å². The van der Waals surface area contributed by atoms with Crippen LogP contribution in [0, 0.1) is 5.53 Å². The fourth-order valence-corrected chi connectivity index (χ4v) is 2.49. The highest BCUT2D eigenvalue weighted by Crippen LogP contribution is 2.32. The second kappa shape index (κ2) is 3.97. The average molecular weight is 256 g/mol. The molecule has 2 bridgehead atoms. The Kier molecular flexibility index (Phi) is 2.54. The Hall–Kier alpha value is -1.58. The molecule has 0 aromatic rings. The summed E-state index contributed by atoms with van der Waals surface area (Å²) >= 11 is 0. The summed E-state index contributed by atoms with van der Waals surface area (Å²) in [6.45, 7) is 0.154. The Balaban J connectivity index is 1.96. The van der Waals surface area contributed by atoms with E-state index >= 15 is 0 Å². The van der Waals surface area contributed by atoms with Gasteiger partial charge in [0.2, 0.25) is 0 Å². The first-order chi connectivity index (χ1) is 8.61. The topological polar surface area (TPSA) is 124 Å². The van der Waals surface area contributed by atoms with Crippen LogP contribution in [0.25, 0.3) is 0 Å². The summed E-state index contributed by atoms with van der Waals surface area (Å²) in [5.74, 6) is -0.677. The van der Waals surface area contributed by atoms with E-state index in [9.17, 15) is 14.7 Å². The summed E-state index contributed by atoms with van der Waals surface area (Å²) in [6, 6.07) is -1.82. The smallest absolute Gasteiger partial charge is 0.328 e. The molecule has 0 aliphatic carbocycles. The van der Waals surface area contributed by atoms with Gasteiger partial charge in [0.1, 0.15) is 6.10 Å². The van der Waals surface area contributed by atoms with Gasteiger partial charge in [-0.05, 0) is 0 Å². The molecule has 98 valence electrons. The minimum Gasteiger partial charge on any atom is -0.388 e. The van der Waals surface area contributed by atoms with Gasteiger partial charge in [0.25, 0.3) is 5.91 Å². The van der Waals surface area contributed by atoms with Gasteiger partial charge in [0, 0.05) is 6.42 Å². The Morgan fingerprint density at radius 2 is 2.22 bits per heavy atom. The summed E-state index contributed by atoms with van der Waals surface area (Å²) in [5.41, 5.74) is 7.02. The number of nitrogens with one attached hydrogen (secondary N) is 2. The van der Waals surface area contributed by atoms with Crippen LogP contribution >= 0.6 is 0 Å². The van der Waals surface area contributed by atoms with Crippen LogP contribution in [0.2, 0.25) is 0 Å². The highest BCUT2D eigenvalue weighted by molar-refractivity contribution is 6.00. The van der Waals surface area contributed by atoms with Crippen LogP contribution in [0.3, 0.4) is 0 Å². The Morgan fingerprint density at radius 1 is 1.44 bits per heavy atom. The summed E-state index contributed by atoms with van der Waals surface area (Å²) in [5, 5.41) is 15.1. The molecule has 3 heterocycles. The number of nitrogens with zero attached hydrogens (tertiary/aromatic N) is 2. The molecule has 18 heavy (non-hydrogen) atoms. The summed E-state index contributed by atoms with van der Waals surface area (Å²) < 4.78 is 10.9. The van der Waals surface area contributed by atoms with Crippen molar-refractivity contribution in [3.63, 3.8) is 0 Å². The van der Waals surface area contributed by atoms with Crippen molar-refractivity contribution in [1.29, 1.82) is 5.53 Å². The van der Waals surface area contributed by atoms with Crippen molar-refractivity contribution in [2.75, 3.05) is 6.61 Å². The molecule has 2 unspecified atom stereocenters. The summed E-state index contributed by atoms with van der Waals surface area (Å²) in [7, 11) is 0. The number of aliphatic hydroxyl groups excluding tert-OH is 1. The largest absolute Gasteiger partial charge is 0.388 e. The van der Waals surface area contributed by atoms with E-state index in [4.69, 9.17) is 15.0 Å². The fourth-order valence-electron chi connectivity index (χ4n) is 2.49. The molecular formula is C9H12N4O5. The van der Waals surface area contributed by atoms with Gasteiger partial charge in [-0.2, -0.15) is 5.11 Å². The maximum Gasteiger partial charge on any atom is 0.328 e. The number of amides is 3. The first kappa shape index (κ1) is 11.5. The molecular weight excluding hydrogens is 244 g/mol. The van der Waals surface area contributed by atoms with Crippen LogP contribution in [-0.4, -0.2) is 59.3 Å². The van der Waals surface area contributed by atoms with Crippen LogP contribution in [-0.2, 0) is 14.3 Å². The Bertz CT molecular complexity index is 416. The lowest BCUT2D eigenvalue weighted by Crippen LogP contribution is -2.66.